The topological polar surface area (TPSA) is 62.0 Å². The SMILES string of the molecule is O=CC(=O)NCc1cc[nH]c1. The number of hydrogen-bond acceptors (Lipinski definition) is 2. The summed E-state index contributed by atoms with van der Waals surface area (Å²) in [6, 6.07) is 1.82. The van der Waals surface area contributed by atoms with Crippen LogP contribution in [0.3, 0.4) is 0 Å². The summed E-state index contributed by atoms with van der Waals surface area (Å²) in [7, 11) is 0. The highest BCUT2D eigenvalue weighted by Crippen LogP contribution is 1.93. The van der Waals surface area contributed by atoms with Crippen LogP contribution in [0, 0.1) is 0 Å². The van der Waals surface area contributed by atoms with Crippen LogP contribution >= 0.6 is 0 Å². The third-order valence-electron chi connectivity index (χ3n) is 1.24. The summed E-state index contributed by atoms with van der Waals surface area (Å²) in [5.41, 5.74) is 0.945. The molecule has 0 spiro atoms. The number of aldehydes is 1. The fraction of sp³-hybridized carbons (Fsp3) is 0.143. The average Bonchev–Trinajstić information content (AvgIpc) is 2.52. The number of H-pyrrole nitrogens is 1. The first-order chi connectivity index (χ1) is 5.33. The van der Waals surface area contributed by atoms with Gasteiger partial charge in [-0.05, 0) is 11.6 Å². The molecule has 11 heavy (non-hydrogen) atoms. The summed E-state index contributed by atoms with van der Waals surface area (Å²) < 4.78 is 0. The van der Waals surface area contributed by atoms with Crippen molar-refractivity contribution in [1.82, 2.24) is 10.3 Å². The van der Waals surface area contributed by atoms with E-state index in [0.29, 0.717) is 6.54 Å². The zero-order chi connectivity index (χ0) is 8.10. The molecule has 0 aliphatic heterocycles. The van der Waals surface area contributed by atoms with E-state index in [1.165, 1.54) is 0 Å². The summed E-state index contributed by atoms with van der Waals surface area (Å²) in [5, 5.41) is 2.41. The molecule has 0 aromatic carbocycles. The van der Waals surface area contributed by atoms with Gasteiger partial charge in [-0.1, -0.05) is 0 Å². The van der Waals surface area contributed by atoms with Gasteiger partial charge in [0, 0.05) is 18.9 Å². The maximum Gasteiger partial charge on any atom is 0.284 e. The molecule has 58 valence electrons. The lowest BCUT2D eigenvalue weighted by molar-refractivity contribution is -0.131. The van der Waals surface area contributed by atoms with Crippen molar-refractivity contribution in [2.24, 2.45) is 0 Å². The molecule has 0 aliphatic rings. The van der Waals surface area contributed by atoms with Gasteiger partial charge in [-0.3, -0.25) is 9.59 Å². The number of aromatic nitrogens is 1. The lowest BCUT2D eigenvalue weighted by Gasteiger charge is -1.95. The molecule has 2 N–H and O–H groups in total. The minimum Gasteiger partial charge on any atom is -0.367 e. The molecule has 1 aromatic heterocycles. The summed E-state index contributed by atoms with van der Waals surface area (Å²) in [4.78, 5) is 23.1. The van der Waals surface area contributed by atoms with Crippen molar-refractivity contribution in [3.63, 3.8) is 0 Å². The molecule has 1 heterocycles. The molecular formula is C7H8N2O2. The Hall–Kier alpha value is -1.58. The second-order valence-corrected chi connectivity index (χ2v) is 2.05. The second kappa shape index (κ2) is 3.55. The minimum atomic E-state index is -0.591. The van der Waals surface area contributed by atoms with Gasteiger partial charge in [-0.15, -0.1) is 0 Å². The highest BCUT2D eigenvalue weighted by molar-refractivity contribution is 6.23. The Morgan fingerprint density at radius 2 is 2.55 bits per heavy atom. The molecule has 0 unspecified atom stereocenters. The third-order valence-corrected chi connectivity index (χ3v) is 1.24. The number of rotatable bonds is 3. The van der Waals surface area contributed by atoms with Crippen molar-refractivity contribution >= 4 is 12.2 Å². The minimum absolute atomic E-state index is 0.257. The van der Waals surface area contributed by atoms with Gasteiger partial charge in [0.1, 0.15) is 0 Å². The quantitative estimate of drug-likeness (QED) is 0.466. The zero-order valence-electron chi connectivity index (χ0n) is 5.83. The highest BCUT2D eigenvalue weighted by Gasteiger charge is 1.96. The van der Waals surface area contributed by atoms with Gasteiger partial charge in [0.15, 0.2) is 0 Å². The Kier molecular flexibility index (Phi) is 2.43. The Morgan fingerprint density at radius 3 is 3.09 bits per heavy atom. The van der Waals surface area contributed by atoms with Crippen LogP contribution < -0.4 is 5.32 Å². The molecule has 4 heteroatoms. The first kappa shape index (κ1) is 7.53. The molecule has 1 aromatic rings. The van der Waals surface area contributed by atoms with E-state index in [2.05, 4.69) is 10.3 Å². The third kappa shape index (κ3) is 2.25. The molecule has 0 bridgehead atoms. The predicted molar refractivity (Wildman–Crippen MR) is 38.7 cm³/mol. The zero-order valence-corrected chi connectivity index (χ0v) is 5.83. The van der Waals surface area contributed by atoms with Crippen molar-refractivity contribution in [1.29, 1.82) is 0 Å². The number of hydrogen-bond donors (Lipinski definition) is 2. The van der Waals surface area contributed by atoms with E-state index in [4.69, 9.17) is 0 Å². The van der Waals surface area contributed by atoms with Crippen molar-refractivity contribution < 1.29 is 9.59 Å². The molecule has 0 atom stereocenters. The van der Waals surface area contributed by atoms with Gasteiger partial charge in [0.25, 0.3) is 5.91 Å². The molecular weight excluding hydrogens is 144 g/mol. The van der Waals surface area contributed by atoms with Crippen LogP contribution in [0.5, 0.6) is 0 Å². The maximum atomic E-state index is 10.4. The largest absolute Gasteiger partial charge is 0.367 e. The Balaban J connectivity index is 2.34. The van der Waals surface area contributed by atoms with E-state index in [-0.39, 0.29) is 6.29 Å². The number of carbonyl (C=O) groups excluding carboxylic acids is 2. The van der Waals surface area contributed by atoms with Crippen molar-refractivity contribution in [3.8, 4) is 0 Å². The van der Waals surface area contributed by atoms with Gasteiger partial charge in [0.05, 0.1) is 0 Å². The summed E-state index contributed by atoms with van der Waals surface area (Å²) in [6.45, 7) is 0.390. The lowest BCUT2D eigenvalue weighted by atomic mass is 10.3. The number of amides is 1. The average molecular weight is 152 g/mol. The van der Waals surface area contributed by atoms with Crippen LogP contribution in [-0.2, 0) is 16.1 Å². The van der Waals surface area contributed by atoms with Crippen molar-refractivity contribution in [2.45, 2.75) is 6.54 Å². The van der Waals surface area contributed by atoms with Crippen LogP contribution in [0.15, 0.2) is 18.5 Å². The van der Waals surface area contributed by atoms with Crippen LogP contribution in [0.1, 0.15) is 5.56 Å². The normalized spacial score (nSPS) is 9.09. The van der Waals surface area contributed by atoms with E-state index in [9.17, 15) is 9.59 Å². The highest BCUT2D eigenvalue weighted by atomic mass is 16.2. The summed E-state index contributed by atoms with van der Waals surface area (Å²) in [6.07, 6.45) is 3.76. The van der Waals surface area contributed by atoms with Crippen molar-refractivity contribution in [3.05, 3.63) is 24.0 Å². The smallest absolute Gasteiger partial charge is 0.284 e. The molecule has 0 fully saturated rings. The first-order valence-electron chi connectivity index (χ1n) is 3.17. The summed E-state index contributed by atoms with van der Waals surface area (Å²) >= 11 is 0. The maximum absolute atomic E-state index is 10.4. The van der Waals surface area contributed by atoms with E-state index in [1.807, 2.05) is 6.07 Å². The Morgan fingerprint density at radius 1 is 1.73 bits per heavy atom. The van der Waals surface area contributed by atoms with Gasteiger partial charge in [-0.25, -0.2) is 0 Å². The number of nitrogens with one attached hydrogen (secondary N) is 2. The summed E-state index contributed by atoms with van der Waals surface area (Å²) in [5.74, 6) is -0.591. The van der Waals surface area contributed by atoms with Gasteiger partial charge >= 0.3 is 0 Å². The van der Waals surface area contributed by atoms with Crippen molar-refractivity contribution in [2.75, 3.05) is 0 Å². The van der Waals surface area contributed by atoms with E-state index in [1.54, 1.807) is 12.4 Å². The first-order valence-corrected chi connectivity index (χ1v) is 3.17. The van der Waals surface area contributed by atoms with Gasteiger partial charge in [0.2, 0.25) is 6.29 Å². The Labute approximate surface area is 63.6 Å². The molecule has 0 saturated carbocycles. The number of carbonyl (C=O) groups is 2. The van der Waals surface area contributed by atoms with Crippen LogP contribution in [0.25, 0.3) is 0 Å². The molecule has 1 amide bonds. The molecule has 0 aliphatic carbocycles. The standard InChI is InChI=1S/C7H8N2O2/c10-5-7(11)9-4-6-1-2-8-3-6/h1-3,5,8H,4H2,(H,9,11). The van der Waals surface area contributed by atoms with Crippen LogP contribution in [-0.4, -0.2) is 17.2 Å². The van der Waals surface area contributed by atoms with Gasteiger partial charge in [-0.2, -0.15) is 0 Å². The monoisotopic (exact) mass is 152 g/mol. The molecule has 4 nitrogen and oxygen atoms in total. The van der Waals surface area contributed by atoms with E-state index < -0.39 is 5.91 Å². The van der Waals surface area contributed by atoms with E-state index >= 15 is 0 Å². The van der Waals surface area contributed by atoms with Gasteiger partial charge < -0.3 is 10.3 Å². The second-order valence-electron chi connectivity index (χ2n) is 2.05. The fourth-order valence-electron chi connectivity index (χ4n) is 0.699. The Bertz CT molecular complexity index is 241. The van der Waals surface area contributed by atoms with Crippen LogP contribution in [0.4, 0.5) is 0 Å². The van der Waals surface area contributed by atoms with E-state index in [0.717, 1.165) is 5.56 Å². The lowest BCUT2D eigenvalue weighted by Crippen LogP contribution is -2.23. The molecule has 0 radical (unpaired) electrons. The fourth-order valence-corrected chi connectivity index (χ4v) is 0.699. The number of aromatic amines is 1. The molecule has 1 rings (SSSR count). The molecule has 0 saturated heterocycles. The van der Waals surface area contributed by atoms with Crippen LogP contribution in [0.2, 0.25) is 0 Å². The predicted octanol–water partition coefficient (Wildman–Crippen LogP) is -0.170.